The average molecular weight is 513 g/mol. The van der Waals surface area contributed by atoms with E-state index in [1.54, 1.807) is 0 Å². The fourth-order valence-electron chi connectivity index (χ4n) is 3.55. The summed E-state index contributed by atoms with van der Waals surface area (Å²) in [6, 6.07) is 15.2. The molecule has 1 saturated heterocycles. The van der Waals surface area contributed by atoms with Crippen LogP contribution in [0.3, 0.4) is 0 Å². The first-order valence-electron chi connectivity index (χ1n) is 10.0. The second-order valence-electron chi connectivity index (χ2n) is 7.22. The van der Waals surface area contributed by atoms with Crippen molar-refractivity contribution in [1.29, 1.82) is 0 Å². The van der Waals surface area contributed by atoms with E-state index >= 15 is 0 Å². The lowest BCUT2D eigenvalue weighted by atomic mass is 10.1. The highest BCUT2D eigenvalue weighted by molar-refractivity contribution is 14.0. The molecule has 6 heteroatoms. The fourth-order valence-corrected chi connectivity index (χ4v) is 4.45. The molecule has 0 radical (unpaired) electrons. The second-order valence-corrected chi connectivity index (χ2v) is 8.47. The molecule has 1 atom stereocenters. The van der Waals surface area contributed by atoms with Gasteiger partial charge < -0.3 is 15.5 Å². The van der Waals surface area contributed by atoms with Gasteiger partial charge in [-0.3, -0.25) is 4.99 Å². The average Bonchev–Trinajstić information content (AvgIpc) is 3.36. The van der Waals surface area contributed by atoms with Crippen LogP contribution in [0.15, 0.2) is 47.5 Å². The molecule has 2 heterocycles. The summed E-state index contributed by atoms with van der Waals surface area (Å²) >= 11 is 1.88. The van der Waals surface area contributed by atoms with Gasteiger partial charge in [-0.15, -0.1) is 35.3 Å². The van der Waals surface area contributed by atoms with Gasteiger partial charge >= 0.3 is 0 Å². The van der Waals surface area contributed by atoms with Gasteiger partial charge in [0, 0.05) is 36.4 Å². The van der Waals surface area contributed by atoms with Crippen molar-refractivity contribution in [3.63, 3.8) is 0 Å². The van der Waals surface area contributed by atoms with Gasteiger partial charge in [-0.25, -0.2) is 0 Å². The van der Waals surface area contributed by atoms with Crippen molar-refractivity contribution in [2.24, 2.45) is 10.9 Å². The van der Waals surface area contributed by atoms with E-state index in [-0.39, 0.29) is 24.0 Å². The molecule has 0 aliphatic carbocycles. The van der Waals surface area contributed by atoms with Gasteiger partial charge in [0.2, 0.25) is 0 Å². The van der Waals surface area contributed by atoms with Crippen molar-refractivity contribution < 1.29 is 0 Å². The second kappa shape index (κ2) is 12.4. The molecule has 0 amide bonds. The number of thiophene rings is 1. The zero-order chi connectivity index (χ0) is 18.9. The molecule has 2 N–H and O–H groups in total. The van der Waals surface area contributed by atoms with E-state index in [0.717, 1.165) is 38.4 Å². The molecule has 1 aromatic heterocycles. The van der Waals surface area contributed by atoms with Crippen molar-refractivity contribution in [2.75, 3.05) is 33.2 Å². The molecule has 2 aromatic rings. The highest BCUT2D eigenvalue weighted by atomic mass is 127. The number of nitrogens with zero attached hydrogens (tertiary/aromatic N) is 2. The zero-order valence-corrected chi connectivity index (χ0v) is 20.1. The van der Waals surface area contributed by atoms with E-state index in [0.29, 0.717) is 5.92 Å². The van der Waals surface area contributed by atoms with Crippen molar-refractivity contribution in [3.8, 4) is 0 Å². The first kappa shape index (κ1) is 23.2. The first-order chi connectivity index (χ1) is 13.3. The lowest BCUT2D eigenvalue weighted by Crippen LogP contribution is -2.39. The molecular formula is C22H33IN4S. The lowest BCUT2D eigenvalue weighted by molar-refractivity contribution is 0.328. The zero-order valence-electron chi connectivity index (χ0n) is 17.0. The molecule has 1 aromatic carbocycles. The molecule has 1 aliphatic heterocycles. The Balaban J connectivity index is 0.00000280. The Morgan fingerprint density at radius 3 is 2.64 bits per heavy atom. The SMILES string of the molecule is CCc1ccc(CNC(=NC)NCC2CCN(CCc3ccccc3)C2)s1.I. The predicted molar refractivity (Wildman–Crippen MR) is 132 cm³/mol. The molecule has 4 nitrogen and oxygen atoms in total. The normalized spacial score (nSPS) is 17.4. The molecule has 28 heavy (non-hydrogen) atoms. The van der Waals surface area contributed by atoms with Crippen LogP contribution >= 0.6 is 35.3 Å². The number of nitrogens with one attached hydrogen (secondary N) is 2. The minimum absolute atomic E-state index is 0. The molecule has 0 saturated carbocycles. The number of aliphatic imine (C=N–C) groups is 1. The molecule has 1 unspecified atom stereocenters. The maximum absolute atomic E-state index is 4.37. The van der Waals surface area contributed by atoms with Crippen LogP contribution in [-0.2, 0) is 19.4 Å². The molecule has 1 aliphatic rings. The largest absolute Gasteiger partial charge is 0.356 e. The van der Waals surface area contributed by atoms with Crippen LogP contribution in [-0.4, -0.2) is 44.1 Å². The fraction of sp³-hybridized carbons (Fsp3) is 0.500. The smallest absolute Gasteiger partial charge is 0.191 e. The topological polar surface area (TPSA) is 39.7 Å². The van der Waals surface area contributed by atoms with E-state index in [4.69, 9.17) is 0 Å². The summed E-state index contributed by atoms with van der Waals surface area (Å²) in [6.07, 6.45) is 3.52. The third kappa shape index (κ3) is 7.37. The number of likely N-dealkylation sites (tertiary alicyclic amines) is 1. The minimum atomic E-state index is 0. The number of rotatable bonds is 8. The summed E-state index contributed by atoms with van der Waals surface area (Å²) in [6.45, 7) is 7.59. The van der Waals surface area contributed by atoms with Gasteiger partial charge in [-0.1, -0.05) is 37.3 Å². The standard InChI is InChI=1S/C22H32N4S.HI/c1-3-20-9-10-21(27-20)16-25-22(23-2)24-15-19-12-14-26(17-19)13-11-18-7-5-4-6-8-18;/h4-10,19H,3,11-17H2,1-2H3,(H2,23,24,25);1H. The summed E-state index contributed by atoms with van der Waals surface area (Å²) in [5.74, 6) is 1.61. The lowest BCUT2D eigenvalue weighted by Gasteiger charge is -2.17. The van der Waals surface area contributed by atoms with Gasteiger partial charge in [-0.2, -0.15) is 0 Å². The number of halogens is 1. The van der Waals surface area contributed by atoms with Crippen LogP contribution in [0.25, 0.3) is 0 Å². The van der Waals surface area contributed by atoms with Crippen molar-refractivity contribution >= 4 is 41.3 Å². The third-order valence-electron chi connectivity index (χ3n) is 5.21. The van der Waals surface area contributed by atoms with Gasteiger partial charge in [0.25, 0.3) is 0 Å². The number of benzene rings is 1. The summed E-state index contributed by atoms with van der Waals surface area (Å²) in [4.78, 5) is 9.77. The highest BCUT2D eigenvalue weighted by Crippen LogP contribution is 2.17. The van der Waals surface area contributed by atoms with Crippen LogP contribution in [0.1, 0.15) is 28.7 Å². The number of hydrogen-bond acceptors (Lipinski definition) is 3. The van der Waals surface area contributed by atoms with Gasteiger partial charge in [0.1, 0.15) is 0 Å². The maximum atomic E-state index is 4.37. The minimum Gasteiger partial charge on any atom is -0.356 e. The Morgan fingerprint density at radius 1 is 1.14 bits per heavy atom. The summed E-state index contributed by atoms with van der Waals surface area (Å²) in [5, 5.41) is 6.95. The Kier molecular flexibility index (Phi) is 10.3. The summed E-state index contributed by atoms with van der Waals surface area (Å²) < 4.78 is 0. The van der Waals surface area contributed by atoms with E-state index in [1.165, 1.54) is 34.8 Å². The molecular weight excluding hydrogens is 479 g/mol. The van der Waals surface area contributed by atoms with Crippen molar-refractivity contribution in [1.82, 2.24) is 15.5 Å². The Labute approximate surface area is 190 Å². The predicted octanol–water partition coefficient (Wildman–Crippen LogP) is 4.16. The monoisotopic (exact) mass is 512 g/mol. The van der Waals surface area contributed by atoms with E-state index in [1.807, 2.05) is 18.4 Å². The third-order valence-corrected chi connectivity index (χ3v) is 6.44. The maximum Gasteiger partial charge on any atom is 0.191 e. The Hall–Kier alpha value is -1.12. The van der Waals surface area contributed by atoms with Gasteiger partial charge in [0.05, 0.1) is 6.54 Å². The quantitative estimate of drug-likeness (QED) is 0.317. The highest BCUT2D eigenvalue weighted by Gasteiger charge is 2.22. The number of aryl methyl sites for hydroxylation is 1. The molecule has 3 rings (SSSR count). The van der Waals surface area contributed by atoms with Crippen molar-refractivity contribution in [3.05, 3.63) is 57.8 Å². The van der Waals surface area contributed by atoms with E-state index < -0.39 is 0 Å². The molecule has 0 spiro atoms. The van der Waals surface area contributed by atoms with Gasteiger partial charge in [-0.05, 0) is 49.4 Å². The van der Waals surface area contributed by atoms with Crippen LogP contribution < -0.4 is 10.6 Å². The van der Waals surface area contributed by atoms with E-state index in [2.05, 4.69) is 69.9 Å². The summed E-state index contributed by atoms with van der Waals surface area (Å²) in [7, 11) is 1.85. The van der Waals surface area contributed by atoms with Crippen LogP contribution in [0.5, 0.6) is 0 Å². The molecule has 0 bridgehead atoms. The number of hydrogen-bond donors (Lipinski definition) is 2. The molecule has 154 valence electrons. The van der Waals surface area contributed by atoms with Crippen LogP contribution in [0.4, 0.5) is 0 Å². The first-order valence-corrected chi connectivity index (χ1v) is 10.9. The van der Waals surface area contributed by atoms with Crippen LogP contribution in [0.2, 0.25) is 0 Å². The molecule has 1 fully saturated rings. The van der Waals surface area contributed by atoms with Crippen molar-refractivity contribution in [2.45, 2.75) is 32.7 Å². The van der Waals surface area contributed by atoms with Crippen LogP contribution in [0, 0.1) is 5.92 Å². The Bertz CT molecular complexity index is 716. The summed E-state index contributed by atoms with van der Waals surface area (Å²) in [5.41, 5.74) is 1.43. The Morgan fingerprint density at radius 2 is 1.93 bits per heavy atom. The number of guanidine groups is 1. The van der Waals surface area contributed by atoms with E-state index in [9.17, 15) is 0 Å². The van der Waals surface area contributed by atoms with Gasteiger partial charge in [0.15, 0.2) is 5.96 Å².